The summed E-state index contributed by atoms with van der Waals surface area (Å²) in [5.74, 6) is -0.291. The first-order chi connectivity index (χ1) is 22.2. The van der Waals surface area contributed by atoms with E-state index in [9.17, 15) is 22.8 Å². The number of allylic oxidation sites excluding steroid dienone is 1. The Morgan fingerprint density at radius 3 is 2.59 bits per heavy atom. The van der Waals surface area contributed by atoms with Crippen molar-refractivity contribution in [2.75, 3.05) is 24.1 Å². The number of alkyl halides is 3. The van der Waals surface area contributed by atoms with Crippen LogP contribution in [0.2, 0.25) is 0 Å². The van der Waals surface area contributed by atoms with E-state index in [4.69, 9.17) is 10.8 Å². The van der Waals surface area contributed by atoms with Crippen molar-refractivity contribution in [3.63, 3.8) is 0 Å². The minimum absolute atomic E-state index is 0.0548. The number of benzene rings is 1. The summed E-state index contributed by atoms with van der Waals surface area (Å²) in [6, 6.07) is 8.21. The molecule has 3 aromatic heterocycles. The third-order valence-corrected chi connectivity index (χ3v) is 8.69. The summed E-state index contributed by atoms with van der Waals surface area (Å²) in [6.07, 6.45) is 10.9. The maximum absolute atomic E-state index is 13.1. The number of fused-ring (bicyclic) bond motifs is 3. The van der Waals surface area contributed by atoms with Gasteiger partial charge in [0, 0.05) is 48.6 Å². The molecule has 3 N–H and O–H groups in total. The van der Waals surface area contributed by atoms with Crippen molar-refractivity contribution < 1.29 is 22.8 Å². The van der Waals surface area contributed by atoms with Gasteiger partial charge < -0.3 is 16.0 Å². The van der Waals surface area contributed by atoms with Crippen LogP contribution in [0.5, 0.6) is 0 Å². The number of nitrogens with one attached hydrogen (secondary N) is 1. The summed E-state index contributed by atoms with van der Waals surface area (Å²) >= 11 is 0. The van der Waals surface area contributed by atoms with Gasteiger partial charge in [-0.1, -0.05) is 43.5 Å². The first kappa shape index (κ1) is 31.3. The second-order valence-electron chi connectivity index (χ2n) is 11.9. The number of nitrogens with two attached hydrogens (primary N) is 1. The number of anilines is 2. The van der Waals surface area contributed by atoms with Crippen LogP contribution in [0.4, 0.5) is 24.8 Å². The Hall–Kier alpha value is -4.74. The molecule has 0 saturated carbocycles. The molecule has 2 amide bonds. The number of carbonyl (C=O) groups excluding carboxylic acids is 2. The van der Waals surface area contributed by atoms with Crippen LogP contribution in [0.25, 0.3) is 28.2 Å². The summed E-state index contributed by atoms with van der Waals surface area (Å²) < 4.78 is 41.3. The monoisotopic (exact) mass is 631 g/mol. The Bertz CT molecular complexity index is 1770. The summed E-state index contributed by atoms with van der Waals surface area (Å²) in [6.45, 7) is 1.29. The number of amides is 2. The van der Waals surface area contributed by atoms with E-state index in [-0.39, 0.29) is 23.3 Å². The lowest BCUT2D eigenvalue weighted by molar-refractivity contribution is -0.137. The molecule has 2 aliphatic rings. The molecule has 5 heterocycles. The standard InChI is InChI=1S/C34H36F3N7O2/c35-34(36,37)25-16-17-39-27(19-25)41-33(46)23-14-12-22(13-15-23)30-29-31-24(20-40-32(29)38)9-6-4-2-1-3-5-7-11-28(45)43-18-8-10-26(21-43)44(31)42-30/h6,9,12-17,19-20,26H,1-5,7-8,10-11,18,21H2,(H2,38,40)(H,39,41,46)/b9-6+/t26-/m1/s1. The molecule has 0 radical (unpaired) electrons. The molecule has 2 aliphatic heterocycles. The zero-order valence-electron chi connectivity index (χ0n) is 25.4. The Labute approximate surface area is 264 Å². The fraction of sp³-hybridized carbons (Fsp3) is 0.382. The van der Waals surface area contributed by atoms with Gasteiger partial charge in [0.15, 0.2) is 0 Å². The van der Waals surface area contributed by atoms with E-state index in [1.54, 1.807) is 30.5 Å². The van der Waals surface area contributed by atoms with Crippen molar-refractivity contribution in [2.45, 2.75) is 70.0 Å². The van der Waals surface area contributed by atoms with Crippen molar-refractivity contribution in [1.29, 1.82) is 0 Å². The Balaban J connectivity index is 1.35. The van der Waals surface area contributed by atoms with Gasteiger partial charge in [-0.05, 0) is 56.4 Å². The lowest BCUT2D eigenvalue weighted by Gasteiger charge is -2.33. The number of aromatic nitrogens is 4. The van der Waals surface area contributed by atoms with Crippen LogP contribution in [0.15, 0.2) is 54.9 Å². The maximum atomic E-state index is 13.1. The summed E-state index contributed by atoms with van der Waals surface area (Å²) in [7, 11) is 0. The molecule has 0 aliphatic carbocycles. The smallest absolute Gasteiger partial charge is 0.383 e. The Morgan fingerprint density at radius 2 is 1.78 bits per heavy atom. The number of pyridine rings is 2. The van der Waals surface area contributed by atoms with E-state index in [2.05, 4.69) is 27.4 Å². The Kier molecular flexibility index (Phi) is 9.05. The predicted octanol–water partition coefficient (Wildman–Crippen LogP) is 7.27. The molecular weight excluding hydrogens is 595 g/mol. The van der Waals surface area contributed by atoms with E-state index in [0.717, 1.165) is 87.3 Å². The van der Waals surface area contributed by atoms with Crippen molar-refractivity contribution in [1.82, 2.24) is 24.6 Å². The van der Waals surface area contributed by atoms with Crippen molar-refractivity contribution in [3.8, 4) is 11.3 Å². The molecule has 9 nitrogen and oxygen atoms in total. The molecular formula is C34H36F3N7O2. The average molecular weight is 632 g/mol. The number of carbonyl (C=O) groups is 2. The Morgan fingerprint density at radius 1 is 1.00 bits per heavy atom. The molecule has 1 aromatic carbocycles. The molecule has 1 fully saturated rings. The van der Waals surface area contributed by atoms with Crippen molar-refractivity contribution in [3.05, 3.63) is 71.6 Å². The summed E-state index contributed by atoms with van der Waals surface area (Å²) in [5, 5.41) is 8.21. The fourth-order valence-corrected chi connectivity index (χ4v) is 6.27. The second-order valence-corrected chi connectivity index (χ2v) is 11.9. The normalized spacial score (nSPS) is 18.8. The van der Waals surface area contributed by atoms with Crippen LogP contribution in [0.3, 0.4) is 0 Å². The van der Waals surface area contributed by atoms with Gasteiger partial charge in [-0.15, -0.1) is 0 Å². The number of rotatable bonds is 3. The highest BCUT2D eigenvalue weighted by atomic mass is 19.4. The first-order valence-corrected chi connectivity index (χ1v) is 15.7. The van der Waals surface area contributed by atoms with Crippen molar-refractivity contribution in [2.24, 2.45) is 0 Å². The molecule has 46 heavy (non-hydrogen) atoms. The van der Waals surface area contributed by atoms with Crippen LogP contribution in [-0.4, -0.2) is 49.6 Å². The van der Waals surface area contributed by atoms with Gasteiger partial charge >= 0.3 is 6.18 Å². The molecule has 12 heteroatoms. The van der Waals surface area contributed by atoms with Crippen LogP contribution in [0, 0.1) is 0 Å². The number of halogens is 3. The van der Waals surface area contributed by atoms with E-state index >= 15 is 0 Å². The van der Waals surface area contributed by atoms with Crippen LogP contribution in [-0.2, 0) is 11.0 Å². The van der Waals surface area contributed by atoms with Gasteiger partial charge in [0.1, 0.15) is 17.3 Å². The van der Waals surface area contributed by atoms with E-state index in [1.165, 1.54) is 0 Å². The van der Waals surface area contributed by atoms with Crippen LogP contribution >= 0.6 is 0 Å². The number of nitrogens with zero attached hydrogens (tertiary/aromatic N) is 5. The number of hydrogen-bond acceptors (Lipinski definition) is 6. The van der Waals surface area contributed by atoms with E-state index in [0.29, 0.717) is 35.4 Å². The largest absolute Gasteiger partial charge is 0.416 e. The molecule has 240 valence electrons. The molecule has 0 unspecified atom stereocenters. The number of piperidine rings is 1. The van der Waals surface area contributed by atoms with Crippen LogP contribution < -0.4 is 11.1 Å². The predicted molar refractivity (Wildman–Crippen MR) is 171 cm³/mol. The SMILES string of the molecule is Nc1ncc2c3c1c(-c1ccc(C(=O)Nc4cc(C(F)(F)F)ccn4)cc1)nn3[C@@H]1CCCN(C1)C(=O)CCCCCCC/C=C/2. The van der Waals surface area contributed by atoms with Gasteiger partial charge in [-0.25, -0.2) is 9.97 Å². The van der Waals surface area contributed by atoms with Crippen LogP contribution in [0.1, 0.15) is 85.3 Å². The molecule has 2 bridgehead atoms. The fourth-order valence-electron chi connectivity index (χ4n) is 6.27. The topological polar surface area (TPSA) is 119 Å². The third kappa shape index (κ3) is 6.75. The number of hydrogen-bond donors (Lipinski definition) is 2. The highest BCUT2D eigenvalue weighted by Gasteiger charge is 2.31. The lowest BCUT2D eigenvalue weighted by atomic mass is 10.0. The number of nitrogen functional groups attached to an aromatic ring is 1. The van der Waals surface area contributed by atoms with Crippen molar-refractivity contribution >= 4 is 40.4 Å². The highest BCUT2D eigenvalue weighted by Crippen LogP contribution is 2.37. The molecule has 1 saturated heterocycles. The first-order valence-electron chi connectivity index (χ1n) is 15.7. The quantitative estimate of drug-likeness (QED) is 0.246. The molecule has 4 aromatic rings. The highest BCUT2D eigenvalue weighted by molar-refractivity contribution is 6.06. The van der Waals surface area contributed by atoms with Gasteiger partial charge in [-0.3, -0.25) is 14.3 Å². The minimum atomic E-state index is -4.55. The van der Waals surface area contributed by atoms with Gasteiger partial charge in [-0.2, -0.15) is 18.3 Å². The van der Waals surface area contributed by atoms with Gasteiger partial charge in [0.2, 0.25) is 5.91 Å². The average Bonchev–Trinajstić information content (AvgIpc) is 3.46. The minimum Gasteiger partial charge on any atom is -0.383 e. The van der Waals surface area contributed by atoms with E-state index in [1.807, 2.05) is 9.58 Å². The summed E-state index contributed by atoms with van der Waals surface area (Å²) in [4.78, 5) is 36.3. The zero-order valence-corrected chi connectivity index (χ0v) is 25.4. The zero-order chi connectivity index (χ0) is 32.3. The third-order valence-electron chi connectivity index (χ3n) is 8.69. The molecule has 6 rings (SSSR count). The molecule has 0 spiro atoms. The molecule has 1 atom stereocenters. The van der Waals surface area contributed by atoms with Gasteiger partial charge in [0.05, 0.1) is 22.5 Å². The summed E-state index contributed by atoms with van der Waals surface area (Å²) in [5.41, 5.74) is 8.88. The second kappa shape index (κ2) is 13.3. The maximum Gasteiger partial charge on any atom is 0.416 e. The van der Waals surface area contributed by atoms with Gasteiger partial charge in [0.25, 0.3) is 5.91 Å². The lowest BCUT2D eigenvalue weighted by Crippen LogP contribution is -2.40. The van der Waals surface area contributed by atoms with E-state index < -0.39 is 17.6 Å².